The third kappa shape index (κ3) is 6.14. The number of halogens is 5. The van der Waals surface area contributed by atoms with Gasteiger partial charge in [0, 0.05) is 36.9 Å². The second-order valence-electron chi connectivity index (χ2n) is 8.34. The summed E-state index contributed by atoms with van der Waals surface area (Å²) >= 11 is 12.3. The number of sulfonamides is 1. The molecule has 196 valence electrons. The topological polar surface area (TPSA) is 60.9 Å². The van der Waals surface area contributed by atoms with Gasteiger partial charge < -0.3 is 9.80 Å². The number of piperazine rings is 1. The zero-order valence-corrected chi connectivity index (χ0v) is 21.7. The molecule has 37 heavy (non-hydrogen) atoms. The maximum absolute atomic E-state index is 13.5. The molecule has 0 N–H and O–H groups in total. The van der Waals surface area contributed by atoms with Gasteiger partial charge in [-0.25, -0.2) is 8.42 Å². The highest BCUT2D eigenvalue weighted by atomic mass is 35.5. The number of hydrogen-bond donors (Lipinski definition) is 0. The van der Waals surface area contributed by atoms with Crippen molar-refractivity contribution in [2.45, 2.75) is 11.1 Å². The van der Waals surface area contributed by atoms with E-state index < -0.39 is 39.9 Å². The van der Waals surface area contributed by atoms with Crippen LogP contribution >= 0.6 is 23.2 Å². The molecule has 0 bridgehead atoms. The Labute approximate surface area is 222 Å². The van der Waals surface area contributed by atoms with Gasteiger partial charge in [0.15, 0.2) is 0 Å². The molecule has 0 spiro atoms. The Kier molecular flexibility index (Phi) is 7.91. The number of amides is 1. The summed E-state index contributed by atoms with van der Waals surface area (Å²) in [5, 5.41) is 0.349. The number of nitrogens with zero attached hydrogens (tertiary/aromatic N) is 3. The van der Waals surface area contributed by atoms with Crippen LogP contribution in [0.5, 0.6) is 0 Å². The van der Waals surface area contributed by atoms with Crippen molar-refractivity contribution in [2.24, 2.45) is 0 Å². The summed E-state index contributed by atoms with van der Waals surface area (Å²) in [5.41, 5.74) is -0.613. The van der Waals surface area contributed by atoms with E-state index in [0.717, 1.165) is 17.8 Å². The molecule has 0 atom stereocenters. The standard InChI is InChI=1S/C25H22Cl2F3N3O3S/c26-19-5-4-6-20(16-19)31-11-13-32(14-12-31)24(34)17-33(37(35,36)21-7-2-1-3-8-21)23-15-18(25(28,29)30)9-10-22(23)27/h1-10,15-16H,11-14,17H2. The molecule has 0 radical (unpaired) electrons. The van der Waals surface area contributed by atoms with E-state index >= 15 is 0 Å². The highest BCUT2D eigenvalue weighted by Gasteiger charge is 2.35. The molecule has 3 aromatic rings. The summed E-state index contributed by atoms with van der Waals surface area (Å²) < 4.78 is 68.0. The smallest absolute Gasteiger partial charge is 0.368 e. The molecule has 1 aliphatic heterocycles. The van der Waals surface area contributed by atoms with E-state index in [9.17, 15) is 26.4 Å². The maximum atomic E-state index is 13.5. The first kappa shape index (κ1) is 27.1. The van der Waals surface area contributed by atoms with E-state index in [1.807, 2.05) is 23.1 Å². The van der Waals surface area contributed by atoms with Crippen molar-refractivity contribution in [1.82, 2.24) is 4.90 Å². The molecule has 0 aliphatic carbocycles. The molecule has 0 unspecified atom stereocenters. The lowest BCUT2D eigenvalue weighted by Crippen LogP contribution is -2.52. The molecule has 1 heterocycles. The number of benzene rings is 3. The minimum atomic E-state index is -4.73. The first-order valence-electron chi connectivity index (χ1n) is 11.2. The normalized spacial score (nSPS) is 14.5. The number of carbonyl (C=O) groups excluding carboxylic acids is 1. The highest BCUT2D eigenvalue weighted by Crippen LogP contribution is 2.37. The molecule has 1 aliphatic rings. The summed E-state index contributed by atoms with van der Waals surface area (Å²) in [6.07, 6.45) is -4.73. The fourth-order valence-corrected chi connectivity index (χ4v) is 5.91. The van der Waals surface area contributed by atoms with Gasteiger partial charge in [-0.2, -0.15) is 13.2 Å². The van der Waals surface area contributed by atoms with Gasteiger partial charge in [-0.05, 0) is 48.5 Å². The summed E-state index contributed by atoms with van der Waals surface area (Å²) in [6, 6.07) is 16.8. The number of hydrogen-bond acceptors (Lipinski definition) is 4. The van der Waals surface area contributed by atoms with Crippen LogP contribution in [0.25, 0.3) is 0 Å². The predicted octanol–water partition coefficient (Wildman–Crippen LogP) is 5.56. The summed E-state index contributed by atoms with van der Waals surface area (Å²) in [4.78, 5) is 16.6. The van der Waals surface area contributed by atoms with E-state index in [0.29, 0.717) is 41.6 Å². The van der Waals surface area contributed by atoms with Crippen LogP contribution in [-0.2, 0) is 21.0 Å². The van der Waals surface area contributed by atoms with E-state index in [1.165, 1.54) is 29.2 Å². The predicted molar refractivity (Wildman–Crippen MR) is 138 cm³/mol. The minimum absolute atomic E-state index is 0.179. The zero-order chi connectivity index (χ0) is 26.8. The molecular weight excluding hydrogens is 550 g/mol. The maximum Gasteiger partial charge on any atom is 0.416 e. The van der Waals surface area contributed by atoms with Gasteiger partial charge in [0.25, 0.3) is 10.0 Å². The van der Waals surface area contributed by atoms with Crippen molar-refractivity contribution in [1.29, 1.82) is 0 Å². The van der Waals surface area contributed by atoms with Gasteiger partial charge in [-0.1, -0.05) is 47.5 Å². The van der Waals surface area contributed by atoms with Gasteiger partial charge in [0.05, 0.1) is 21.2 Å². The quantitative estimate of drug-likeness (QED) is 0.389. The van der Waals surface area contributed by atoms with Crippen molar-refractivity contribution in [3.8, 4) is 0 Å². The van der Waals surface area contributed by atoms with Crippen molar-refractivity contribution in [3.05, 3.63) is 88.4 Å². The zero-order valence-electron chi connectivity index (χ0n) is 19.3. The van der Waals surface area contributed by atoms with Gasteiger partial charge in [0.1, 0.15) is 6.54 Å². The number of carbonyl (C=O) groups is 1. The Bertz CT molecular complexity index is 1380. The first-order chi connectivity index (χ1) is 17.5. The van der Waals surface area contributed by atoms with Crippen LogP contribution < -0.4 is 9.21 Å². The van der Waals surface area contributed by atoms with Crippen LogP contribution in [0.3, 0.4) is 0 Å². The molecule has 1 fully saturated rings. The fourth-order valence-electron chi connectivity index (χ4n) is 4.01. The van der Waals surface area contributed by atoms with Crippen LogP contribution in [0, 0.1) is 0 Å². The molecule has 1 amide bonds. The Morgan fingerprint density at radius 1 is 0.892 bits per heavy atom. The van der Waals surface area contributed by atoms with Crippen molar-refractivity contribution >= 4 is 50.5 Å². The Morgan fingerprint density at radius 3 is 2.19 bits per heavy atom. The molecule has 0 saturated carbocycles. The van der Waals surface area contributed by atoms with Gasteiger partial charge >= 0.3 is 6.18 Å². The average Bonchev–Trinajstić information content (AvgIpc) is 2.87. The molecule has 4 rings (SSSR count). The molecule has 12 heteroatoms. The lowest BCUT2D eigenvalue weighted by atomic mass is 10.2. The molecule has 1 saturated heterocycles. The summed E-state index contributed by atoms with van der Waals surface area (Å²) in [7, 11) is -4.42. The number of alkyl halides is 3. The van der Waals surface area contributed by atoms with Gasteiger partial charge in [-0.15, -0.1) is 0 Å². The van der Waals surface area contributed by atoms with Gasteiger partial charge in [0.2, 0.25) is 5.91 Å². The molecular formula is C25H22Cl2F3N3O3S. The van der Waals surface area contributed by atoms with Crippen molar-refractivity contribution < 1.29 is 26.4 Å². The minimum Gasteiger partial charge on any atom is -0.368 e. The van der Waals surface area contributed by atoms with E-state index in [1.54, 1.807) is 12.1 Å². The van der Waals surface area contributed by atoms with Crippen LogP contribution in [0.15, 0.2) is 77.7 Å². The highest BCUT2D eigenvalue weighted by molar-refractivity contribution is 7.92. The fraction of sp³-hybridized carbons (Fsp3) is 0.240. The van der Waals surface area contributed by atoms with E-state index in [4.69, 9.17) is 23.2 Å². The lowest BCUT2D eigenvalue weighted by Gasteiger charge is -2.37. The van der Waals surface area contributed by atoms with Crippen molar-refractivity contribution in [2.75, 3.05) is 41.9 Å². The van der Waals surface area contributed by atoms with Crippen LogP contribution in [0.1, 0.15) is 5.56 Å². The second kappa shape index (κ2) is 10.8. The Morgan fingerprint density at radius 2 is 1.57 bits per heavy atom. The number of rotatable bonds is 6. The third-order valence-corrected chi connectivity index (χ3v) is 8.29. The summed E-state index contributed by atoms with van der Waals surface area (Å²) in [5.74, 6) is -0.557. The van der Waals surface area contributed by atoms with Crippen LogP contribution in [0.4, 0.5) is 24.5 Å². The van der Waals surface area contributed by atoms with E-state index in [2.05, 4.69) is 0 Å². The Hall–Kier alpha value is -2.95. The average molecular weight is 572 g/mol. The third-order valence-electron chi connectivity index (χ3n) is 5.96. The summed E-state index contributed by atoms with van der Waals surface area (Å²) in [6.45, 7) is 0.820. The monoisotopic (exact) mass is 571 g/mol. The molecule has 0 aromatic heterocycles. The molecule has 3 aromatic carbocycles. The SMILES string of the molecule is O=C(CN(c1cc(C(F)(F)F)ccc1Cl)S(=O)(=O)c1ccccc1)N1CCN(c2cccc(Cl)c2)CC1. The Balaban J connectivity index is 1.62. The van der Waals surface area contributed by atoms with Crippen molar-refractivity contribution in [3.63, 3.8) is 0 Å². The first-order valence-corrected chi connectivity index (χ1v) is 13.4. The van der Waals surface area contributed by atoms with Gasteiger partial charge in [-0.3, -0.25) is 9.10 Å². The van der Waals surface area contributed by atoms with Crippen LogP contribution in [0.2, 0.25) is 10.0 Å². The largest absolute Gasteiger partial charge is 0.416 e. The number of anilines is 2. The van der Waals surface area contributed by atoms with E-state index in [-0.39, 0.29) is 9.92 Å². The lowest BCUT2D eigenvalue weighted by molar-refractivity contribution is -0.137. The molecule has 6 nitrogen and oxygen atoms in total. The second-order valence-corrected chi connectivity index (χ2v) is 11.0. The van der Waals surface area contributed by atoms with Crippen LogP contribution in [-0.4, -0.2) is 51.9 Å².